The third-order valence-corrected chi connectivity index (χ3v) is 13.1. The second-order valence-electron chi connectivity index (χ2n) is 12.4. The smallest absolute Gasteiger partial charge is 0.188 e. The van der Waals surface area contributed by atoms with Crippen molar-refractivity contribution in [3.05, 3.63) is 169 Å². The van der Waals surface area contributed by atoms with Crippen LogP contribution in [0.25, 0.3) is 71.0 Å². The topological polar surface area (TPSA) is 31.3 Å². The SMILES string of the molecule is [C-]#[N+]c1ccc2c(c1)c1ccccc1n2-c1ccc2c(c1)-c1cc(-n3c4ccccc4c4ccccc43)ccc1P2(=O)c1ccccc1. The van der Waals surface area contributed by atoms with E-state index in [-0.39, 0.29) is 0 Å². The Morgan fingerprint density at radius 2 is 0.917 bits per heavy atom. The Bertz CT molecular complexity index is 2840. The number of hydrogen-bond acceptors (Lipinski definition) is 1. The Balaban J connectivity index is 1.27. The van der Waals surface area contributed by atoms with Crippen molar-refractivity contribution in [3.8, 4) is 22.5 Å². The lowest BCUT2D eigenvalue weighted by Crippen LogP contribution is -2.20. The van der Waals surface area contributed by atoms with Gasteiger partial charge in [-0.2, -0.15) is 0 Å². The minimum absolute atomic E-state index is 0.620. The number of para-hydroxylation sites is 3. The highest BCUT2D eigenvalue weighted by Crippen LogP contribution is 2.53. The van der Waals surface area contributed by atoms with Gasteiger partial charge in [-0.1, -0.05) is 91.0 Å². The number of benzene rings is 7. The molecule has 0 saturated carbocycles. The molecule has 7 aromatic carbocycles. The van der Waals surface area contributed by atoms with Gasteiger partial charge in [-0.15, -0.1) is 0 Å². The molecule has 9 aromatic rings. The maximum Gasteiger partial charge on any atom is 0.188 e. The minimum atomic E-state index is -3.15. The first kappa shape index (κ1) is 27.0. The van der Waals surface area contributed by atoms with Gasteiger partial charge in [0.25, 0.3) is 0 Å². The minimum Gasteiger partial charge on any atom is -0.309 e. The zero-order valence-electron chi connectivity index (χ0n) is 25.7. The number of aromatic nitrogens is 2. The highest BCUT2D eigenvalue weighted by atomic mass is 31.2. The second-order valence-corrected chi connectivity index (χ2v) is 15.1. The summed E-state index contributed by atoms with van der Waals surface area (Å²) in [5.74, 6) is 0. The van der Waals surface area contributed by atoms with Gasteiger partial charge in [0.05, 0.1) is 28.6 Å². The first-order chi connectivity index (χ1) is 23.6. The molecule has 2 aromatic heterocycles. The van der Waals surface area contributed by atoms with Gasteiger partial charge in [0, 0.05) is 43.4 Å². The first-order valence-electron chi connectivity index (χ1n) is 16.0. The van der Waals surface area contributed by atoms with Crippen molar-refractivity contribution in [2.75, 3.05) is 0 Å². The van der Waals surface area contributed by atoms with Gasteiger partial charge in [0.1, 0.15) is 0 Å². The molecule has 5 heteroatoms. The normalized spacial score (nSPS) is 15.2. The predicted octanol–water partition coefficient (Wildman–Crippen LogP) is 10.1. The van der Waals surface area contributed by atoms with Gasteiger partial charge in [-0.25, -0.2) is 4.85 Å². The molecule has 4 nitrogen and oxygen atoms in total. The molecule has 0 fully saturated rings. The fourth-order valence-corrected chi connectivity index (χ4v) is 10.9. The summed E-state index contributed by atoms with van der Waals surface area (Å²) in [6.45, 7) is 7.61. The standard InChI is InChI=1S/C43H26N3OP/c1-44-28-19-22-41-35(25-28)34-15-7-10-18-40(34)46(41)30-21-24-43-37(27-30)36-26-29(20-23-42(36)48(43,47)31-11-3-2-4-12-31)45-38-16-8-5-13-32(38)33-14-6-9-17-39(33)45/h2-27H. The summed E-state index contributed by atoms with van der Waals surface area (Å²) >= 11 is 0. The third-order valence-electron chi connectivity index (χ3n) is 9.93. The molecule has 0 bridgehead atoms. The van der Waals surface area contributed by atoms with Gasteiger partial charge in [0.2, 0.25) is 0 Å². The monoisotopic (exact) mass is 631 g/mol. The quantitative estimate of drug-likeness (QED) is 0.141. The fraction of sp³-hybridized carbons (Fsp3) is 0. The van der Waals surface area contributed by atoms with Crippen LogP contribution >= 0.6 is 7.14 Å². The van der Waals surface area contributed by atoms with Crippen LogP contribution in [0.1, 0.15) is 0 Å². The molecule has 1 unspecified atom stereocenters. The summed E-state index contributed by atoms with van der Waals surface area (Å²) in [7, 11) is -3.15. The Kier molecular flexibility index (Phi) is 5.59. The lowest BCUT2D eigenvalue weighted by molar-refractivity contribution is 0.593. The molecule has 3 heterocycles. The molecule has 224 valence electrons. The molecule has 0 saturated heterocycles. The molecule has 0 spiro atoms. The van der Waals surface area contributed by atoms with Crippen molar-refractivity contribution in [3.63, 3.8) is 0 Å². The summed E-state index contributed by atoms with van der Waals surface area (Å²) in [5.41, 5.74) is 9.01. The van der Waals surface area contributed by atoms with Crippen LogP contribution in [0.3, 0.4) is 0 Å². The van der Waals surface area contributed by atoms with E-state index in [0.717, 1.165) is 71.3 Å². The predicted molar refractivity (Wildman–Crippen MR) is 200 cm³/mol. The number of hydrogen-bond donors (Lipinski definition) is 0. The van der Waals surface area contributed by atoms with E-state index < -0.39 is 7.14 Å². The van der Waals surface area contributed by atoms with Crippen LogP contribution < -0.4 is 15.9 Å². The summed E-state index contributed by atoms with van der Waals surface area (Å²) < 4.78 is 20.1. The summed E-state index contributed by atoms with van der Waals surface area (Å²) in [6.07, 6.45) is 0. The van der Waals surface area contributed by atoms with Crippen molar-refractivity contribution in [1.29, 1.82) is 0 Å². The molecule has 1 atom stereocenters. The fourth-order valence-electron chi connectivity index (χ4n) is 7.86. The number of fused-ring (bicyclic) bond motifs is 9. The Hall–Kier alpha value is -6.14. The molecule has 48 heavy (non-hydrogen) atoms. The van der Waals surface area contributed by atoms with Crippen LogP contribution in [0.2, 0.25) is 0 Å². The average Bonchev–Trinajstić information content (AvgIpc) is 3.75. The summed E-state index contributed by atoms with van der Waals surface area (Å²) in [4.78, 5) is 3.70. The van der Waals surface area contributed by atoms with Gasteiger partial charge in [-0.05, 0) is 83.2 Å². The number of rotatable bonds is 3. The van der Waals surface area contributed by atoms with Crippen LogP contribution in [-0.4, -0.2) is 9.13 Å². The molecule has 10 rings (SSSR count). The molecule has 1 aliphatic heterocycles. The van der Waals surface area contributed by atoms with E-state index in [9.17, 15) is 0 Å². The molecular weight excluding hydrogens is 605 g/mol. The Morgan fingerprint density at radius 1 is 0.458 bits per heavy atom. The van der Waals surface area contributed by atoms with Crippen molar-refractivity contribution in [2.45, 2.75) is 0 Å². The van der Waals surface area contributed by atoms with E-state index in [4.69, 9.17) is 6.57 Å². The maximum atomic E-state index is 15.5. The average molecular weight is 632 g/mol. The van der Waals surface area contributed by atoms with Crippen molar-refractivity contribution < 1.29 is 4.57 Å². The van der Waals surface area contributed by atoms with E-state index >= 15 is 4.57 Å². The van der Waals surface area contributed by atoms with Gasteiger partial charge < -0.3 is 13.7 Å². The lowest BCUT2D eigenvalue weighted by atomic mass is 10.0. The highest BCUT2D eigenvalue weighted by Gasteiger charge is 2.40. The Morgan fingerprint density at radius 3 is 1.44 bits per heavy atom. The molecule has 0 N–H and O–H groups in total. The van der Waals surface area contributed by atoms with Gasteiger partial charge in [-0.3, -0.25) is 0 Å². The van der Waals surface area contributed by atoms with E-state index in [2.05, 4.69) is 117 Å². The molecule has 0 radical (unpaired) electrons. The number of nitrogens with zero attached hydrogens (tertiary/aromatic N) is 3. The molecular formula is C43H26N3OP. The largest absolute Gasteiger partial charge is 0.309 e. The van der Waals surface area contributed by atoms with Gasteiger partial charge >= 0.3 is 0 Å². The van der Waals surface area contributed by atoms with E-state index in [0.29, 0.717) is 5.69 Å². The van der Waals surface area contributed by atoms with Crippen LogP contribution in [0.4, 0.5) is 5.69 Å². The van der Waals surface area contributed by atoms with Crippen molar-refractivity contribution >= 4 is 72.4 Å². The molecule has 0 aliphatic carbocycles. The second kappa shape index (κ2) is 9.93. The van der Waals surface area contributed by atoms with Crippen LogP contribution in [0.15, 0.2) is 158 Å². The summed E-state index contributed by atoms with van der Waals surface area (Å²) in [6, 6.07) is 54.1. The van der Waals surface area contributed by atoms with E-state index in [1.165, 1.54) is 10.8 Å². The van der Waals surface area contributed by atoms with Gasteiger partial charge in [0.15, 0.2) is 12.8 Å². The third kappa shape index (κ3) is 3.57. The van der Waals surface area contributed by atoms with E-state index in [1.54, 1.807) is 0 Å². The lowest BCUT2D eigenvalue weighted by Gasteiger charge is -2.17. The maximum absolute atomic E-state index is 15.5. The van der Waals surface area contributed by atoms with E-state index in [1.807, 2.05) is 54.6 Å². The highest BCUT2D eigenvalue weighted by molar-refractivity contribution is 7.86. The van der Waals surface area contributed by atoms with Crippen molar-refractivity contribution in [1.82, 2.24) is 9.13 Å². The molecule has 0 amide bonds. The zero-order chi connectivity index (χ0) is 32.0. The first-order valence-corrected chi connectivity index (χ1v) is 17.7. The summed E-state index contributed by atoms with van der Waals surface area (Å²) in [5, 5.41) is 7.13. The molecule has 1 aliphatic rings. The van der Waals surface area contributed by atoms with Crippen LogP contribution in [0.5, 0.6) is 0 Å². The Labute approximate surface area is 276 Å². The van der Waals surface area contributed by atoms with Crippen molar-refractivity contribution in [2.24, 2.45) is 0 Å². The van der Waals surface area contributed by atoms with Crippen LogP contribution in [0, 0.1) is 6.57 Å². The zero-order valence-corrected chi connectivity index (χ0v) is 26.6. The van der Waals surface area contributed by atoms with Crippen LogP contribution in [-0.2, 0) is 4.57 Å².